The van der Waals surface area contributed by atoms with E-state index in [9.17, 15) is 9.59 Å². The molecule has 25 heavy (non-hydrogen) atoms. The fraction of sp³-hybridized carbons (Fsp3) is 0.333. The van der Waals surface area contributed by atoms with Gasteiger partial charge in [0.15, 0.2) is 5.78 Å². The first-order valence-electron chi connectivity index (χ1n) is 8.29. The first kappa shape index (κ1) is 18.7. The van der Waals surface area contributed by atoms with Crippen molar-refractivity contribution in [1.82, 2.24) is 0 Å². The maximum absolute atomic E-state index is 12.2. The molecule has 2 aromatic rings. The maximum Gasteiger partial charge on any atom is 0.338 e. The number of hydrogen-bond acceptors (Lipinski definition) is 4. The van der Waals surface area contributed by atoms with E-state index < -0.39 is 5.41 Å². The van der Waals surface area contributed by atoms with Crippen molar-refractivity contribution in [2.75, 3.05) is 13.2 Å². The van der Waals surface area contributed by atoms with Gasteiger partial charge in [0, 0.05) is 11.0 Å². The SMILES string of the molecule is Cc1ccc(C(=O)OCCOc2ccc(C(=O)C(C)(C)C)cc2)cc1. The molecular formula is C21H24O4. The maximum atomic E-state index is 12.2. The minimum Gasteiger partial charge on any atom is -0.490 e. The number of carbonyl (C=O) groups excluding carboxylic acids is 2. The topological polar surface area (TPSA) is 52.6 Å². The lowest BCUT2D eigenvalue weighted by Crippen LogP contribution is -2.20. The first-order chi connectivity index (χ1) is 11.8. The van der Waals surface area contributed by atoms with E-state index in [2.05, 4.69) is 0 Å². The summed E-state index contributed by atoms with van der Waals surface area (Å²) in [5.74, 6) is 0.359. The van der Waals surface area contributed by atoms with Crippen LogP contribution in [0.15, 0.2) is 48.5 Å². The van der Waals surface area contributed by atoms with Gasteiger partial charge in [0.05, 0.1) is 5.56 Å². The lowest BCUT2D eigenvalue weighted by molar-refractivity contribution is 0.0450. The zero-order valence-electron chi connectivity index (χ0n) is 15.2. The molecule has 0 saturated heterocycles. The van der Waals surface area contributed by atoms with E-state index in [0.29, 0.717) is 16.9 Å². The molecule has 0 unspecified atom stereocenters. The number of esters is 1. The first-order valence-corrected chi connectivity index (χ1v) is 8.29. The van der Waals surface area contributed by atoms with Crippen LogP contribution in [0.4, 0.5) is 0 Å². The van der Waals surface area contributed by atoms with Gasteiger partial charge in [-0.15, -0.1) is 0 Å². The van der Waals surface area contributed by atoms with Gasteiger partial charge >= 0.3 is 5.97 Å². The molecule has 0 aliphatic heterocycles. The van der Waals surface area contributed by atoms with Crippen LogP contribution < -0.4 is 4.74 Å². The zero-order chi connectivity index (χ0) is 18.4. The van der Waals surface area contributed by atoms with Crippen LogP contribution in [0.25, 0.3) is 0 Å². The second kappa shape index (κ2) is 7.97. The summed E-state index contributed by atoms with van der Waals surface area (Å²) in [5.41, 5.74) is 1.86. The Morgan fingerprint density at radius 3 is 1.96 bits per heavy atom. The van der Waals surface area contributed by atoms with Crippen molar-refractivity contribution in [2.24, 2.45) is 5.41 Å². The third kappa shape index (κ3) is 5.45. The van der Waals surface area contributed by atoms with Crippen LogP contribution in [-0.4, -0.2) is 25.0 Å². The highest BCUT2D eigenvalue weighted by atomic mass is 16.6. The minimum absolute atomic E-state index is 0.0890. The molecular weight excluding hydrogens is 316 g/mol. The quantitative estimate of drug-likeness (QED) is 0.442. The van der Waals surface area contributed by atoms with Gasteiger partial charge in [0.1, 0.15) is 19.0 Å². The summed E-state index contributed by atoms with van der Waals surface area (Å²) >= 11 is 0. The summed E-state index contributed by atoms with van der Waals surface area (Å²) < 4.78 is 10.7. The standard InChI is InChI=1S/C21H24O4/c1-15-5-7-17(8-6-15)20(23)25-14-13-24-18-11-9-16(10-12-18)19(22)21(2,3)4/h5-12H,13-14H2,1-4H3. The Bertz CT molecular complexity index is 722. The van der Waals surface area contributed by atoms with E-state index in [1.165, 1.54) is 0 Å². The molecule has 0 amide bonds. The Kier molecular flexibility index (Phi) is 5.97. The smallest absolute Gasteiger partial charge is 0.338 e. The summed E-state index contributed by atoms with van der Waals surface area (Å²) in [4.78, 5) is 24.0. The Morgan fingerprint density at radius 1 is 0.840 bits per heavy atom. The summed E-state index contributed by atoms with van der Waals surface area (Å²) in [6, 6.07) is 14.2. The van der Waals surface area contributed by atoms with E-state index in [-0.39, 0.29) is 25.0 Å². The monoisotopic (exact) mass is 340 g/mol. The number of ketones is 1. The average Bonchev–Trinajstić information content (AvgIpc) is 2.58. The molecule has 2 rings (SSSR count). The number of rotatable bonds is 6. The van der Waals surface area contributed by atoms with Gasteiger partial charge in [0.25, 0.3) is 0 Å². The normalized spacial score (nSPS) is 11.0. The molecule has 0 aliphatic carbocycles. The van der Waals surface area contributed by atoms with Gasteiger partial charge in [0.2, 0.25) is 0 Å². The van der Waals surface area contributed by atoms with Crippen LogP contribution in [0.2, 0.25) is 0 Å². The summed E-state index contributed by atoms with van der Waals surface area (Å²) in [5, 5.41) is 0. The number of Topliss-reactive ketones (excluding diaryl/α,β-unsaturated/α-hetero) is 1. The highest BCUT2D eigenvalue weighted by molar-refractivity contribution is 5.99. The molecule has 4 nitrogen and oxygen atoms in total. The molecule has 0 aliphatic rings. The molecule has 4 heteroatoms. The molecule has 0 radical (unpaired) electrons. The van der Waals surface area contributed by atoms with Crippen LogP contribution in [0.1, 0.15) is 47.1 Å². The number of benzene rings is 2. The van der Waals surface area contributed by atoms with Crippen molar-refractivity contribution in [3.8, 4) is 5.75 Å². The fourth-order valence-electron chi connectivity index (χ4n) is 2.20. The molecule has 0 spiro atoms. The molecule has 0 N–H and O–H groups in total. The molecule has 0 heterocycles. The minimum atomic E-state index is -0.410. The van der Waals surface area contributed by atoms with Gasteiger partial charge < -0.3 is 9.47 Å². The third-order valence-corrected chi connectivity index (χ3v) is 3.67. The Morgan fingerprint density at radius 2 is 1.40 bits per heavy atom. The second-order valence-corrected chi connectivity index (χ2v) is 6.95. The Labute approximate surface area is 148 Å². The van der Waals surface area contributed by atoms with E-state index in [0.717, 1.165) is 5.56 Å². The van der Waals surface area contributed by atoms with E-state index in [4.69, 9.17) is 9.47 Å². The van der Waals surface area contributed by atoms with E-state index >= 15 is 0 Å². The number of hydrogen-bond donors (Lipinski definition) is 0. The van der Waals surface area contributed by atoms with Crippen molar-refractivity contribution in [1.29, 1.82) is 0 Å². The number of aryl methyl sites for hydroxylation is 1. The highest BCUT2D eigenvalue weighted by Gasteiger charge is 2.22. The van der Waals surface area contributed by atoms with Gasteiger partial charge in [-0.2, -0.15) is 0 Å². The van der Waals surface area contributed by atoms with Crippen molar-refractivity contribution < 1.29 is 19.1 Å². The molecule has 2 aromatic carbocycles. The van der Waals surface area contributed by atoms with Gasteiger partial charge in [-0.25, -0.2) is 4.79 Å². The van der Waals surface area contributed by atoms with Crippen molar-refractivity contribution in [2.45, 2.75) is 27.7 Å². The molecule has 0 bridgehead atoms. The largest absolute Gasteiger partial charge is 0.490 e. The Hall–Kier alpha value is -2.62. The molecule has 0 aromatic heterocycles. The van der Waals surface area contributed by atoms with Crippen LogP contribution in [0.5, 0.6) is 5.75 Å². The number of carbonyl (C=O) groups is 2. The van der Waals surface area contributed by atoms with E-state index in [1.807, 2.05) is 39.8 Å². The fourth-order valence-corrected chi connectivity index (χ4v) is 2.20. The van der Waals surface area contributed by atoms with Crippen LogP contribution in [0.3, 0.4) is 0 Å². The Balaban J connectivity index is 1.79. The predicted octanol–water partition coefficient (Wildman–Crippen LogP) is 4.46. The summed E-state index contributed by atoms with van der Waals surface area (Å²) in [6.07, 6.45) is 0. The van der Waals surface area contributed by atoms with Crippen LogP contribution in [0, 0.1) is 12.3 Å². The van der Waals surface area contributed by atoms with Crippen molar-refractivity contribution in [3.05, 3.63) is 65.2 Å². The second-order valence-electron chi connectivity index (χ2n) is 6.95. The molecule has 0 saturated carbocycles. The summed E-state index contributed by atoms with van der Waals surface area (Å²) in [6.45, 7) is 8.05. The highest BCUT2D eigenvalue weighted by Crippen LogP contribution is 2.22. The zero-order valence-corrected chi connectivity index (χ0v) is 15.2. The van der Waals surface area contributed by atoms with E-state index in [1.54, 1.807) is 36.4 Å². The third-order valence-electron chi connectivity index (χ3n) is 3.67. The lowest BCUT2D eigenvalue weighted by Gasteiger charge is -2.16. The molecule has 0 atom stereocenters. The van der Waals surface area contributed by atoms with Crippen molar-refractivity contribution in [3.63, 3.8) is 0 Å². The lowest BCUT2D eigenvalue weighted by atomic mass is 9.86. The predicted molar refractivity (Wildman–Crippen MR) is 97.2 cm³/mol. The van der Waals surface area contributed by atoms with Gasteiger partial charge in [-0.05, 0) is 43.3 Å². The average molecular weight is 340 g/mol. The molecule has 132 valence electrons. The molecule has 0 fully saturated rings. The van der Waals surface area contributed by atoms with Crippen LogP contribution in [-0.2, 0) is 4.74 Å². The van der Waals surface area contributed by atoms with Crippen LogP contribution >= 0.6 is 0 Å². The van der Waals surface area contributed by atoms with Gasteiger partial charge in [-0.1, -0.05) is 38.5 Å². The van der Waals surface area contributed by atoms with Crippen molar-refractivity contribution >= 4 is 11.8 Å². The summed E-state index contributed by atoms with van der Waals surface area (Å²) in [7, 11) is 0. The number of ether oxygens (including phenoxy) is 2. The van der Waals surface area contributed by atoms with Gasteiger partial charge in [-0.3, -0.25) is 4.79 Å².